The summed E-state index contributed by atoms with van der Waals surface area (Å²) in [5.41, 5.74) is 1.96. The molecule has 2 aliphatic heterocycles. The lowest BCUT2D eigenvalue weighted by atomic mass is 9.79. The Morgan fingerprint density at radius 1 is 1.09 bits per heavy atom. The molecule has 2 saturated heterocycles. The van der Waals surface area contributed by atoms with Crippen LogP contribution in [0.25, 0.3) is 0 Å². The van der Waals surface area contributed by atoms with Crippen molar-refractivity contribution in [3.05, 3.63) is 40.3 Å². The molecular weight excluding hydrogens is 432 g/mol. The number of carboxylic acids is 1. The summed E-state index contributed by atoms with van der Waals surface area (Å²) in [6.45, 7) is 0. The minimum Gasteiger partial charge on any atom is -0.495 e. The molecule has 5 rings (SSSR count). The third-order valence-corrected chi connectivity index (χ3v) is 7.81. The number of ether oxygens (including phenoxy) is 2. The van der Waals surface area contributed by atoms with E-state index >= 15 is 0 Å². The van der Waals surface area contributed by atoms with Gasteiger partial charge in [-0.3, -0.25) is 14.4 Å². The Bertz CT molecular complexity index is 1100. The highest BCUT2D eigenvalue weighted by molar-refractivity contribution is 7.17. The number of anilines is 2. The third kappa shape index (κ3) is 3.45. The molecular formula is C23H24N2O6S. The molecule has 168 valence electrons. The number of fused-ring (bicyclic) bond motifs is 3. The van der Waals surface area contributed by atoms with Crippen LogP contribution in [0.15, 0.2) is 24.3 Å². The van der Waals surface area contributed by atoms with E-state index in [1.54, 1.807) is 18.2 Å². The zero-order valence-electron chi connectivity index (χ0n) is 17.6. The highest BCUT2D eigenvalue weighted by Gasteiger charge is 2.55. The lowest BCUT2D eigenvalue weighted by Crippen LogP contribution is -2.41. The molecule has 2 bridgehead atoms. The maximum absolute atomic E-state index is 13.3. The summed E-state index contributed by atoms with van der Waals surface area (Å²) in [5.74, 6) is -2.79. The predicted octanol–water partition coefficient (Wildman–Crippen LogP) is 3.31. The van der Waals surface area contributed by atoms with Gasteiger partial charge in [0.05, 0.1) is 42.4 Å². The van der Waals surface area contributed by atoms with Gasteiger partial charge < -0.3 is 25.2 Å². The summed E-state index contributed by atoms with van der Waals surface area (Å²) < 4.78 is 11.1. The van der Waals surface area contributed by atoms with Crippen molar-refractivity contribution in [1.82, 2.24) is 0 Å². The van der Waals surface area contributed by atoms with E-state index in [0.29, 0.717) is 34.8 Å². The van der Waals surface area contributed by atoms with E-state index in [2.05, 4.69) is 10.6 Å². The fourth-order valence-electron chi connectivity index (χ4n) is 5.19. The second-order valence-corrected chi connectivity index (χ2v) is 9.49. The number of hydrogen-bond donors (Lipinski definition) is 3. The fourth-order valence-corrected chi connectivity index (χ4v) is 6.47. The minimum absolute atomic E-state index is 0.317. The zero-order chi connectivity index (χ0) is 22.4. The first kappa shape index (κ1) is 21.0. The number of nitrogens with one attached hydrogen (secondary N) is 2. The van der Waals surface area contributed by atoms with E-state index in [4.69, 9.17) is 9.47 Å². The van der Waals surface area contributed by atoms with E-state index in [1.807, 2.05) is 6.07 Å². The van der Waals surface area contributed by atoms with Gasteiger partial charge in [-0.15, -0.1) is 11.3 Å². The number of carbonyl (C=O) groups excluding carboxylic acids is 2. The van der Waals surface area contributed by atoms with Crippen molar-refractivity contribution in [2.24, 2.45) is 11.8 Å². The predicted molar refractivity (Wildman–Crippen MR) is 118 cm³/mol. The fraction of sp³-hybridized carbons (Fsp3) is 0.435. The van der Waals surface area contributed by atoms with Crippen molar-refractivity contribution in [3.8, 4) is 5.75 Å². The van der Waals surface area contributed by atoms with E-state index in [0.717, 1.165) is 29.7 Å². The number of benzene rings is 1. The molecule has 0 spiro atoms. The third-order valence-electron chi connectivity index (χ3n) is 6.60. The van der Waals surface area contributed by atoms with Gasteiger partial charge in [0, 0.05) is 4.88 Å². The van der Waals surface area contributed by atoms with Crippen LogP contribution in [0.5, 0.6) is 5.75 Å². The molecule has 1 aromatic heterocycles. The molecule has 3 aliphatic rings. The number of methoxy groups -OCH3 is 1. The lowest BCUT2D eigenvalue weighted by molar-refractivity contribution is -0.147. The smallest absolute Gasteiger partial charge is 0.310 e. The molecule has 32 heavy (non-hydrogen) atoms. The zero-order valence-corrected chi connectivity index (χ0v) is 18.4. The summed E-state index contributed by atoms with van der Waals surface area (Å²) in [6, 6.07) is 7.14. The number of hydrogen-bond acceptors (Lipinski definition) is 6. The van der Waals surface area contributed by atoms with Gasteiger partial charge in [0.15, 0.2) is 0 Å². The number of carbonyl (C=O) groups is 3. The monoisotopic (exact) mass is 456 g/mol. The van der Waals surface area contributed by atoms with Gasteiger partial charge in [0.1, 0.15) is 10.8 Å². The Labute approximate surface area is 188 Å². The van der Waals surface area contributed by atoms with E-state index < -0.39 is 35.9 Å². The average molecular weight is 457 g/mol. The van der Waals surface area contributed by atoms with Gasteiger partial charge in [0.2, 0.25) is 5.91 Å². The minimum atomic E-state index is -1.01. The van der Waals surface area contributed by atoms with Gasteiger partial charge in [-0.25, -0.2) is 0 Å². The van der Waals surface area contributed by atoms with Crippen LogP contribution in [0.1, 0.15) is 40.1 Å². The van der Waals surface area contributed by atoms with Crippen LogP contribution in [0, 0.1) is 11.8 Å². The van der Waals surface area contributed by atoms with Crippen LogP contribution in [-0.2, 0) is 27.2 Å². The quantitative estimate of drug-likeness (QED) is 0.615. The van der Waals surface area contributed by atoms with E-state index in [1.165, 1.54) is 18.4 Å². The topological polar surface area (TPSA) is 114 Å². The number of para-hydroxylation sites is 2. The lowest BCUT2D eigenvalue weighted by Gasteiger charge is -2.23. The van der Waals surface area contributed by atoms with Crippen LogP contribution < -0.4 is 15.4 Å². The summed E-state index contributed by atoms with van der Waals surface area (Å²) >= 11 is 1.40. The van der Waals surface area contributed by atoms with Gasteiger partial charge in [0.25, 0.3) is 5.91 Å². The Morgan fingerprint density at radius 3 is 2.59 bits per heavy atom. The SMILES string of the molecule is COc1ccccc1NC(=O)c1c(NC(=O)[C@@H]2[C@@H](C(=O)O)[C@@H]3CC[C@H]2O3)sc2c1CCC2. The Kier molecular flexibility index (Phi) is 5.38. The maximum atomic E-state index is 13.3. The van der Waals surface area contributed by atoms with Crippen LogP contribution in [0.2, 0.25) is 0 Å². The van der Waals surface area contributed by atoms with Gasteiger partial charge in [-0.2, -0.15) is 0 Å². The Morgan fingerprint density at radius 2 is 1.84 bits per heavy atom. The second kappa shape index (κ2) is 8.22. The molecule has 4 atom stereocenters. The number of thiophene rings is 1. The highest BCUT2D eigenvalue weighted by atomic mass is 32.1. The number of carboxylic acid groups (broad SMARTS) is 1. The molecule has 3 heterocycles. The molecule has 8 nitrogen and oxygen atoms in total. The molecule has 2 fully saturated rings. The summed E-state index contributed by atoms with van der Waals surface area (Å²) in [4.78, 5) is 39.3. The molecule has 9 heteroatoms. The molecule has 2 aromatic rings. The van der Waals surface area contributed by atoms with Crippen molar-refractivity contribution in [3.63, 3.8) is 0 Å². The first-order valence-corrected chi connectivity index (χ1v) is 11.6. The van der Waals surface area contributed by atoms with Crippen LogP contribution in [0.4, 0.5) is 10.7 Å². The number of aliphatic carboxylic acids is 1. The highest BCUT2D eigenvalue weighted by Crippen LogP contribution is 2.45. The van der Waals surface area contributed by atoms with Crippen molar-refractivity contribution < 1.29 is 29.0 Å². The second-order valence-electron chi connectivity index (χ2n) is 8.39. The Balaban J connectivity index is 1.42. The standard InChI is InChI=1S/C23H24N2O6S/c1-30-13-7-3-2-6-12(13)24-20(26)17-11-5-4-8-16(11)32-22(17)25-21(27)18-14-9-10-15(31-14)19(18)23(28)29/h2-3,6-7,14-15,18-19H,4-5,8-10H2,1H3,(H,24,26)(H,25,27)(H,28,29)/t14-,15+,18+,19+/m1/s1. The number of rotatable bonds is 6. The molecule has 2 amide bonds. The number of aryl methyl sites for hydroxylation is 1. The van der Waals surface area contributed by atoms with Crippen molar-refractivity contribution in [2.75, 3.05) is 17.7 Å². The van der Waals surface area contributed by atoms with Crippen LogP contribution >= 0.6 is 11.3 Å². The summed E-state index contributed by atoms with van der Waals surface area (Å²) in [5, 5.41) is 15.9. The molecule has 0 unspecified atom stereocenters. The van der Waals surface area contributed by atoms with E-state index in [9.17, 15) is 19.5 Å². The first-order valence-electron chi connectivity index (χ1n) is 10.8. The molecule has 3 N–H and O–H groups in total. The molecule has 0 radical (unpaired) electrons. The van der Waals surface area contributed by atoms with Gasteiger partial charge >= 0.3 is 5.97 Å². The van der Waals surface area contributed by atoms with Crippen molar-refractivity contribution >= 4 is 39.8 Å². The summed E-state index contributed by atoms with van der Waals surface area (Å²) in [6.07, 6.45) is 3.12. The average Bonchev–Trinajstić information content (AvgIpc) is 3.54. The van der Waals surface area contributed by atoms with Crippen molar-refractivity contribution in [1.29, 1.82) is 0 Å². The Hall–Kier alpha value is -2.91. The van der Waals surface area contributed by atoms with Gasteiger partial charge in [-0.05, 0) is 49.8 Å². The van der Waals surface area contributed by atoms with Gasteiger partial charge in [-0.1, -0.05) is 12.1 Å². The number of amides is 2. The molecule has 1 aliphatic carbocycles. The normalized spacial score (nSPS) is 25.4. The van der Waals surface area contributed by atoms with Crippen LogP contribution in [0.3, 0.4) is 0 Å². The maximum Gasteiger partial charge on any atom is 0.310 e. The van der Waals surface area contributed by atoms with E-state index in [-0.39, 0.29) is 5.91 Å². The molecule has 0 saturated carbocycles. The van der Waals surface area contributed by atoms with Crippen molar-refractivity contribution in [2.45, 2.75) is 44.3 Å². The summed E-state index contributed by atoms with van der Waals surface area (Å²) in [7, 11) is 1.54. The largest absolute Gasteiger partial charge is 0.495 e. The first-order chi connectivity index (χ1) is 15.5. The molecule has 1 aromatic carbocycles. The van der Waals surface area contributed by atoms with Crippen LogP contribution in [-0.4, -0.2) is 42.2 Å².